The summed E-state index contributed by atoms with van der Waals surface area (Å²) in [7, 11) is 1.60. The van der Waals surface area contributed by atoms with Crippen molar-refractivity contribution < 1.29 is 9.53 Å². The summed E-state index contributed by atoms with van der Waals surface area (Å²) in [5.74, 6) is 0.142. The predicted octanol–water partition coefficient (Wildman–Crippen LogP) is 1.71. The van der Waals surface area contributed by atoms with Crippen molar-refractivity contribution in [2.75, 3.05) is 20.2 Å². The fourth-order valence-corrected chi connectivity index (χ4v) is 2.66. The van der Waals surface area contributed by atoms with Crippen molar-refractivity contribution >= 4 is 5.91 Å². The van der Waals surface area contributed by atoms with Crippen molar-refractivity contribution in [3.63, 3.8) is 0 Å². The molecule has 0 aromatic heterocycles. The molecule has 0 saturated carbocycles. The number of carbonyl (C=O) groups is 1. The Kier molecular flexibility index (Phi) is 4.93. The van der Waals surface area contributed by atoms with Crippen LogP contribution in [0.5, 0.6) is 0 Å². The first-order valence-corrected chi connectivity index (χ1v) is 6.83. The van der Waals surface area contributed by atoms with Gasteiger partial charge < -0.3 is 15.4 Å². The Morgan fingerprint density at radius 3 is 2.84 bits per heavy atom. The second-order valence-electron chi connectivity index (χ2n) is 4.95. The second kappa shape index (κ2) is 6.68. The van der Waals surface area contributed by atoms with E-state index in [1.807, 2.05) is 23.1 Å². The van der Waals surface area contributed by atoms with Crippen LogP contribution in [0.25, 0.3) is 0 Å². The minimum absolute atomic E-state index is 0.142. The topological polar surface area (TPSA) is 55.6 Å². The molecule has 2 rings (SSSR count). The summed E-state index contributed by atoms with van der Waals surface area (Å²) in [5.41, 5.74) is 6.80. The molecule has 1 aromatic carbocycles. The predicted molar refractivity (Wildman–Crippen MR) is 74.6 cm³/mol. The van der Waals surface area contributed by atoms with Crippen molar-refractivity contribution in [1.82, 2.24) is 4.90 Å². The summed E-state index contributed by atoms with van der Waals surface area (Å²) in [6.07, 6.45) is 2.29. The van der Waals surface area contributed by atoms with Gasteiger partial charge in [0, 0.05) is 20.2 Å². The largest absolute Gasteiger partial charge is 0.380 e. The van der Waals surface area contributed by atoms with Gasteiger partial charge in [-0.25, -0.2) is 0 Å². The number of benzene rings is 1. The van der Waals surface area contributed by atoms with Crippen molar-refractivity contribution in [2.24, 2.45) is 5.73 Å². The molecule has 19 heavy (non-hydrogen) atoms. The van der Waals surface area contributed by atoms with Gasteiger partial charge in [-0.15, -0.1) is 0 Å². The SMILES string of the molecule is COC(CN)CC(=O)N1CCCC1c1ccccc1. The lowest BCUT2D eigenvalue weighted by Crippen LogP contribution is -2.35. The second-order valence-corrected chi connectivity index (χ2v) is 4.95. The first-order chi connectivity index (χ1) is 9.26. The van der Waals surface area contributed by atoms with Gasteiger partial charge >= 0.3 is 0 Å². The number of nitrogens with zero attached hydrogens (tertiary/aromatic N) is 1. The first-order valence-electron chi connectivity index (χ1n) is 6.83. The van der Waals surface area contributed by atoms with E-state index < -0.39 is 0 Å². The van der Waals surface area contributed by atoms with Crippen LogP contribution in [-0.4, -0.2) is 37.1 Å². The number of ether oxygens (including phenoxy) is 1. The van der Waals surface area contributed by atoms with Crippen LogP contribution in [0.2, 0.25) is 0 Å². The first kappa shape index (κ1) is 14.0. The summed E-state index contributed by atoms with van der Waals surface area (Å²) in [6.45, 7) is 1.21. The number of methoxy groups -OCH3 is 1. The van der Waals surface area contributed by atoms with Crippen LogP contribution in [0.3, 0.4) is 0 Å². The molecule has 1 saturated heterocycles. The molecule has 1 aromatic rings. The maximum atomic E-state index is 12.3. The molecule has 2 atom stereocenters. The molecule has 0 radical (unpaired) electrons. The van der Waals surface area contributed by atoms with Crippen molar-refractivity contribution in [3.05, 3.63) is 35.9 Å². The monoisotopic (exact) mass is 262 g/mol. The fourth-order valence-electron chi connectivity index (χ4n) is 2.66. The maximum absolute atomic E-state index is 12.3. The standard InChI is InChI=1S/C15H22N2O2/c1-19-13(11-16)10-15(18)17-9-5-8-14(17)12-6-3-2-4-7-12/h2-4,6-7,13-14H,5,8-11,16H2,1H3. The zero-order chi connectivity index (χ0) is 13.7. The van der Waals surface area contributed by atoms with E-state index in [0.29, 0.717) is 13.0 Å². The number of amides is 1. The zero-order valence-corrected chi connectivity index (χ0v) is 11.4. The molecule has 1 aliphatic rings. The highest BCUT2D eigenvalue weighted by molar-refractivity contribution is 5.77. The molecule has 4 nitrogen and oxygen atoms in total. The Morgan fingerprint density at radius 2 is 2.21 bits per heavy atom. The van der Waals surface area contributed by atoms with E-state index in [-0.39, 0.29) is 18.1 Å². The molecule has 1 heterocycles. The van der Waals surface area contributed by atoms with E-state index in [4.69, 9.17) is 10.5 Å². The Balaban J connectivity index is 2.04. The highest BCUT2D eigenvalue weighted by Gasteiger charge is 2.30. The molecule has 0 aliphatic carbocycles. The number of hydrogen-bond acceptors (Lipinski definition) is 3. The maximum Gasteiger partial charge on any atom is 0.225 e. The Morgan fingerprint density at radius 1 is 1.47 bits per heavy atom. The number of rotatable bonds is 5. The fraction of sp³-hybridized carbons (Fsp3) is 0.533. The van der Waals surface area contributed by atoms with Crippen LogP contribution in [-0.2, 0) is 9.53 Å². The number of hydrogen-bond donors (Lipinski definition) is 1. The van der Waals surface area contributed by atoms with Gasteiger partial charge in [0.15, 0.2) is 0 Å². The molecular formula is C15H22N2O2. The van der Waals surface area contributed by atoms with E-state index in [0.717, 1.165) is 19.4 Å². The van der Waals surface area contributed by atoms with Gasteiger partial charge in [0.05, 0.1) is 18.6 Å². The van der Waals surface area contributed by atoms with Crippen LogP contribution >= 0.6 is 0 Å². The average Bonchev–Trinajstić information content (AvgIpc) is 2.95. The minimum Gasteiger partial charge on any atom is -0.380 e. The van der Waals surface area contributed by atoms with Crippen LogP contribution in [0.1, 0.15) is 30.9 Å². The van der Waals surface area contributed by atoms with E-state index in [1.54, 1.807) is 7.11 Å². The molecular weight excluding hydrogens is 240 g/mol. The van der Waals surface area contributed by atoms with Gasteiger partial charge in [-0.2, -0.15) is 0 Å². The molecule has 0 spiro atoms. The highest BCUT2D eigenvalue weighted by Crippen LogP contribution is 2.32. The van der Waals surface area contributed by atoms with Crippen LogP contribution in [0, 0.1) is 0 Å². The minimum atomic E-state index is -0.176. The van der Waals surface area contributed by atoms with Gasteiger partial charge in [-0.3, -0.25) is 4.79 Å². The van der Waals surface area contributed by atoms with Crippen molar-refractivity contribution in [2.45, 2.75) is 31.4 Å². The van der Waals surface area contributed by atoms with Crippen molar-refractivity contribution in [1.29, 1.82) is 0 Å². The van der Waals surface area contributed by atoms with E-state index in [1.165, 1.54) is 5.56 Å². The zero-order valence-electron chi connectivity index (χ0n) is 11.4. The molecule has 2 N–H and O–H groups in total. The lowest BCUT2D eigenvalue weighted by Gasteiger charge is -2.26. The third-order valence-electron chi connectivity index (χ3n) is 3.76. The summed E-state index contributed by atoms with van der Waals surface area (Å²) in [5, 5.41) is 0. The summed E-state index contributed by atoms with van der Waals surface area (Å²) in [6, 6.07) is 10.4. The van der Waals surface area contributed by atoms with E-state index in [9.17, 15) is 4.79 Å². The quantitative estimate of drug-likeness (QED) is 0.879. The smallest absolute Gasteiger partial charge is 0.225 e. The van der Waals surface area contributed by atoms with Crippen molar-refractivity contribution in [3.8, 4) is 0 Å². The van der Waals surface area contributed by atoms with E-state index in [2.05, 4.69) is 12.1 Å². The lowest BCUT2D eigenvalue weighted by atomic mass is 10.0. The third kappa shape index (κ3) is 3.33. The summed E-state index contributed by atoms with van der Waals surface area (Å²) >= 11 is 0. The van der Waals surface area contributed by atoms with E-state index >= 15 is 0 Å². The Hall–Kier alpha value is -1.39. The molecule has 4 heteroatoms. The van der Waals surface area contributed by atoms with Crippen LogP contribution in [0.4, 0.5) is 0 Å². The average molecular weight is 262 g/mol. The molecule has 0 bridgehead atoms. The Labute approximate surface area is 114 Å². The normalized spacial score (nSPS) is 20.5. The molecule has 1 amide bonds. The molecule has 1 fully saturated rings. The van der Waals surface area contributed by atoms with Gasteiger partial charge in [-0.05, 0) is 18.4 Å². The van der Waals surface area contributed by atoms with Crippen LogP contribution < -0.4 is 5.73 Å². The van der Waals surface area contributed by atoms with Gasteiger partial charge in [-0.1, -0.05) is 30.3 Å². The molecule has 1 aliphatic heterocycles. The number of carbonyl (C=O) groups excluding carboxylic acids is 1. The third-order valence-corrected chi connectivity index (χ3v) is 3.76. The highest BCUT2D eigenvalue weighted by atomic mass is 16.5. The molecule has 2 unspecified atom stereocenters. The summed E-state index contributed by atoms with van der Waals surface area (Å²) in [4.78, 5) is 14.3. The van der Waals surface area contributed by atoms with Gasteiger partial charge in [0.1, 0.15) is 0 Å². The van der Waals surface area contributed by atoms with Gasteiger partial charge in [0.25, 0.3) is 0 Å². The number of likely N-dealkylation sites (tertiary alicyclic amines) is 1. The summed E-state index contributed by atoms with van der Waals surface area (Å²) < 4.78 is 5.20. The van der Waals surface area contributed by atoms with Gasteiger partial charge in [0.2, 0.25) is 5.91 Å². The van der Waals surface area contributed by atoms with Crippen LogP contribution in [0.15, 0.2) is 30.3 Å². The number of nitrogens with two attached hydrogens (primary N) is 1. The molecule has 104 valence electrons. The Bertz CT molecular complexity index is 404. The lowest BCUT2D eigenvalue weighted by molar-refractivity contribution is -0.134.